The van der Waals surface area contributed by atoms with Crippen LogP contribution < -0.4 is 4.90 Å². The molecular weight excluding hydrogens is 685 g/mol. The lowest BCUT2D eigenvalue weighted by Crippen LogP contribution is -2.12. The van der Waals surface area contributed by atoms with Crippen molar-refractivity contribution in [3.63, 3.8) is 0 Å². The van der Waals surface area contributed by atoms with E-state index >= 15 is 0 Å². The summed E-state index contributed by atoms with van der Waals surface area (Å²) in [4.78, 5) is 17.6. The molecule has 0 bridgehead atoms. The van der Waals surface area contributed by atoms with Crippen LogP contribution in [0, 0.1) is 13.8 Å². The number of nitrogens with zero attached hydrogens (tertiary/aromatic N) is 4. The van der Waals surface area contributed by atoms with E-state index in [9.17, 15) is 5.11 Å². The third-order valence-corrected chi connectivity index (χ3v) is 10.3. The van der Waals surface area contributed by atoms with E-state index in [0.29, 0.717) is 17.1 Å². The molecule has 2 heterocycles. The van der Waals surface area contributed by atoms with Crippen LogP contribution >= 0.6 is 0 Å². The van der Waals surface area contributed by atoms with Crippen LogP contribution in [0.15, 0.2) is 188 Å². The first-order chi connectivity index (χ1) is 27.5. The Morgan fingerprint density at radius 2 is 1.11 bits per heavy atom. The van der Waals surface area contributed by atoms with Gasteiger partial charge in [-0.1, -0.05) is 127 Å². The van der Waals surface area contributed by atoms with Crippen molar-refractivity contribution in [2.75, 3.05) is 4.90 Å². The molecule has 9 rings (SSSR count). The first-order valence-corrected chi connectivity index (χ1v) is 18.7. The van der Waals surface area contributed by atoms with E-state index in [0.717, 1.165) is 72.6 Å². The van der Waals surface area contributed by atoms with Gasteiger partial charge < -0.3 is 5.11 Å². The molecule has 0 spiro atoms. The molecule has 1 N–H and O–H groups in total. The zero-order chi connectivity index (χ0) is 38.0. The van der Waals surface area contributed by atoms with Crippen molar-refractivity contribution in [3.05, 3.63) is 199 Å². The Bertz CT molecular complexity index is 2810. The first kappa shape index (κ1) is 34.4. The molecule has 0 fully saturated rings. The second-order valence-electron chi connectivity index (χ2n) is 14.0. The third kappa shape index (κ3) is 6.67. The smallest absolute Gasteiger partial charge is 0.160 e. The molecule has 5 nitrogen and oxygen atoms in total. The van der Waals surface area contributed by atoms with Crippen LogP contribution in [0.2, 0.25) is 0 Å². The number of fused-ring (bicyclic) bond motifs is 1. The fourth-order valence-electron chi connectivity index (χ4n) is 7.56. The number of anilines is 3. The summed E-state index contributed by atoms with van der Waals surface area (Å²) in [6.07, 6.45) is 1.83. The number of pyridine rings is 1. The number of hydrogen-bond donors (Lipinski definition) is 1. The van der Waals surface area contributed by atoms with Crippen molar-refractivity contribution in [3.8, 4) is 61.9 Å². The van der Waals surface area contributed by atoms with Crippen LogP contribution in [-0.2, 0) is 0 Å². The van der Waals surface area contributed by atoms with Gasteiger partial charge in [-0.2, -0.15) is 0 Å². The Balaban J connectivity index is 1.31. The average molecular weight is 723 g/mol. The minimum Gasteiger partial charge on any atom is -0.507 e. The summed E-state index contributed by atoms with van der Waals surface area (Å²) in [5.41, 5.74) is 12.5. The summed E-state index contributed by atoms with van der Waals surface area (Å²) >= 11 is 0. The molecule has 0 saturated carbocycles. The molecule has 0 amide bonds. The maximum absolute atomic E-state index is 11.1. The topological polar surface area (TPSA) is 62.1 Å². The molecule has 2 aromatic heterocycles. The SMILES string of the molecule is Cc1cccc(C)c1-c1cc(-c2ccccc2O)nc(-c2cc(-c3ccc(-c4ccccc4)cc3)cc(N(c3ccccn3)c3cccc4ccccc34)c2)n1. The molecule has 7 aromatic carbocycles. The molecule has 0 aliphatic rings. The summed E-state index contributed by atoms with van der Waals surface area (Å²) in [5, 5.41) is 13.3. The number of rotatable bonds is 8. The minimum atomic E-state index is 0.162. The van der Waals surface area contributed by atoms with Gasteiger partial charge in [0.15, 0.2) is 5.82 Å². The maximum atomic E-state index is 11.1. The molecule has 0 aliphatic heterocycles. The largest absolute Gasteiger partial charge is 0.507 e. The minimum absolute atomic E-state index is 0.162. The van der Waals surface area contributed by atoms with Gasteiger partial charge in [0, 0.05) is 34.0 Å². The Hall–Kier alpha value is -7.37. The normalized spacial score (nSPS) is 11.1. The van der Waals surface area contributed by atoms with Crippen LogP contribution in [0.3, 0.4) is 0 Å². The van der Waals surface area contributed by atoms with Crippen LogP contribution in [0.4, 0.5) is 17.2 Å². The summed E-state index contributed by atoms with van der Waals surface area (Å²) in [6, 6.07) is 62.1. The zero-order valence-corrected chi connectivity index (χ0v) is 31.1. The van der Waals surface area contributed by atoms with E-state index in [1.165, 1.54) is 5.56 Å². The molecule has 268 valence electrons. The zero-order valence-electron chi connectivity index (χ0n) is 31.1. The summed E-state index contributed by atoms with van der Waals surface area (Å²) in [7, 11) is 0. The second-order valence-corrected chi connectivity index (χ2v) is 14.0. The van der Waals surface area contributed by atoms with Crippen molar-refractivity contribution in [1.29, 1.82) is 0 Å². The number of phenolic OH excluding ortho intramolecular Hbond substituents is 1. The van der Waals surface area contributed by atoms with Gasteiger partial charge in [-0.15, -0.1) is 0 Å². The van der Waals surface area contributed by atoms with E-state index in [1.807, 2.05) is 54.7 Å². The number of aryl methyl sites for hydroxylation is 2. The number of benzene rings is 7. The Morgan fingerprint density at radius 1 is 0.482 bits per heavy atom. The van der Waals surface area contributed by atoms with Gasteiger partial charge in [-0.05, 0) is 107 Å². The lowest BCUT2D eigenvalue weighted by atomic mass is 9.96. The van der Waals surface area contributed by atoms with Gasteiger partial charge in [0.05, 0.1) is 17.1 Å². The molecule has 0 saturated heterocycles. The third-order valence-electron chi connectivity index (χ3n) is 10.3. The summed E-state index contributed by atoms with van der Waals surface area (Å²) in [6.45, 7) is 4.22. The molecule has 0 atom stereocenters. The van der Waals surface area contributed by atoms with Crippen LogP contribution in [-0.4, -0.2) is 20.1 Å². The maximum Gasteiger partial charge on any atom is 0.160 e. The monoisotopic (exact) mass is 722 g/mol. The molecule has 0 aliphatic carbocycles. The highest BCUT2D eigenvalue weighted by Gasteiger charge is 2.21. The number of para-hydroxylation sites is 1. The van der Waals surface area contributed by atoms with Gasteiger partial charge in [0.2, 0.25) is 0 Å². The molecule has 56 heavy (non-hydrogen) atoms. The van der Waals surface area contributed by atoms with Crippen molar-refractivity contribution in [1.82, 2.24) is 15.0 Å². The second kappa shape index (κ2) is 14.8. The predicted molar refractivity (Wildman–Crippen MR) is 230 cm³/mol. The van der Waals surface area contributed by atoms with E-state index < -0.39 is 0 Å². The molecule has 5 heteroatoms. The van der Waals surface area contributed by atoms with Crippen molar-refractivity contribution >= 4 is 28.0 Å². The van der Waals surface area contributed by atoms with Gasteiger partial charge in [0.25, 0.3) is 0 Å². The van der Waals surface area contributed by atoms with E-state index in [2.05, 4.69) is 146 Å². The van der Waals surface area contributed by atoms with Crippen molar-refractivity contribution in [2.45, 2.75) is 13.8 Å². The number of aromatic nitrogens is 3. The van der Waals surface area contributed by atoms with Gasteiger partial charge in [0.1, 0.15) is 11.6 Å². The lowest BCUT2D eigenvalue weighted by Gasteiger charge is -2.27. The molecule has 0 radical (unpaired) electrons. The van der Waals surface area contributed by atoms with Gasteiger partial charge in [-0.25, -0.2) is 15.0 Å². The van der Waals surface area contributed by atoms with Crippen LogP contribution in [0.5, 0.6) is 5.75 Å². The molecular formula is C51H38N4O. The lowest BCUT2D eigenvalue weighted by molar-refractivity contribution is 0.477. The Labute approximate surface area is 326 Å². The van der Waals surface area contributed by atoms with E-state index in [4.69, 9.17) is 15.0 Å². The molecule has 0 unspecified atom stereocenters. The van der Waals surface area contributed by atoms with Crippen LogP contribution in [0.25, 0.3) is 66.9 Å². The molecule has 9 aromatic rings. The highest BCUT2D eigenvalue weighted by molar-refractivity contribution is 5.99. The fourth-order valence-corrected chi connectivity index (χ4v) is 7.56. The quantitative estimate of drug-likeness (QED) is 0.169. The summed E-state index contributed by atoms with van der Waals surface area (Å²) in [5.74, 6) is 1.49. The van der Waals surface area contributed by atoms with E-state index in [1.54, 1.807) is 6.07 Å². The number of hydrogen-bond acceptors (Lipinski definition) is 5. The fraction of sp³-hybridized carbons (Fsp3) is 0.0392. The first-order valence-electron chi connectivity index (χ1n) is 18.7. The number of aromatic hydroxyl groups is 1. The Morgan fingerprint density at radius 3 is 1.88 bits per heavy atom. The van der Waals surface area contributed by atoms with Crippen molar-refractivity contribution < 1.29 is 5.11 Å². The Kier molecular flexibility index (Phi) is 9.10. The standard InChI is InChI=1S/C51H38N4O/c1-34-14-12-15-35(2)50(34)46-33-45(44-21-8-9-23-48(44)56)53-51(54-46)41-30-40(38-27-25-37(26-28-38)36-16-4-3-5-17-36)31-42(32-41)55(49-24-10-11-29-52-49)47-22-13-19-39-18-6-7-20-43(39)47/h3-33,56H,1-2H3. The van der Waals surface area contributed by atoms with Crippen molar-refractivity contribution in [2.24, 2.45) is 0 Å². The van der Waals surface area contributed by atoms with Crippen LogP contribution in [0.1, 0.15) is 11.1 Å². The highest BCUT2D eigenvalue weighted by Crippen LogP contribution is 2.42. The average Bonchev–Trinajstić information content (AvgIpc) is 3.24. The van der Waals surface area contributed by atoms with E-state index in [-0.39, 0.29) is 5.75 Å². The summed E-state index contributed by atoms with van der Waals surface area (Å²) < 4.78 is 0. The van der Waals surface area contributed by atoms with Gasteiger partial charge >= 0.3 is 0 Å². The van der Waals surface area contributed by atoms with Gasteiger partial charge in [-0.3, -0.25) is 4.90 Å². The predicted octanol–water partition coefficient (Wildman–Crippen LogP) is 13.2. The number of phenols is 1. The highest BCUT2D eigenvalue weighted by atomic mass is 16.3.